The highest BCUT2D eigenvalue weighted by Crippen LogP contribution is 2.53. The van der Waals surface area contributed by atoms with Crippen molar-refractivity contribution >= 4 is 133 Å². The molecule has 2 aliphatic rings. The standard InChI is InChI=1S/C88H85BN4/c1-83(2,3)58-37-56(38-59(43-58)84(4,5)6)81-66-27-19-20-28-69(66)90-82(91-81)57-41-72-80-73(42-57)93(65-48-62(87(13,14)15)45-63(49-65)88(16,17)18)71-40-55-32-30-51-24-22-26-53-34-36-68(77(55)75(51)53)79(71)89(80)78-67-35-33-52-25-21-23-50-29-31-54(76(67)74(50)52)39-70(78)92(72)64-46-60(85(7,8)9)44-61(47-64)86(10,11)12/h19-49H,1-18H3. The second kappa shape index (κ2) is 19.7. The maximum atomic E-state index is 5.96. The lowest BCUT2D eigenvalue weighted by Crippen LogP contribution is -2.62. The summed E-state index contributed by atoms with van der Waals surface area (Å²) < 4.78 is 0. The molecule has 13 aromatic carbocycles. The van der Waals surface area contributed by atoms with Gasteiger partial charge in [-0.2, -0.15) is 0 Å². The van der Waals surface area contributed by atoms with Gasteiger partial charge >= 0.3 is 0 Å². The van der Waals surface area contributed by atoms with Gasteiger partial charge in [-0.05, 0) is 214 Å². The van der Waals surface area contributed by atoms with Gasteiger partial charge in [0.25, 0.3) is 6.71 Å². The number of rotatable bonds is 4. The van der Waals surface area contributed by atoms with Crippen LogP contribution in [0.25, 0.3) is 98.2 Å². The predicted molar refractivity (Wildman–Crippen MR) is 404 cm³/mol. The fourth-order valence-electron chi connectivity index (χ4n) is 15.5. The molecule has 0 saturated heterocycles. The van der Waals surface area contributed by atoms with E-state index in [4.69, 9.17) is 9.97 Å². The number of hydrogen-bond donors (Lipinski definition) is 0. The van der Waals surface area contributed by atoms with Crippen molar-refractivity contribution in [1.29, 1.82) is 0 Å². The third-order valence-corrected chi connectivity index (χ3v) is 20.9. The lowest BCUT2D eigenvalue weighted by Gasteiger charge is -2.46. The van der Waals surface area contributed by atoms with Crippen molar-refractivity contribution < 1.29 is 0 Å². The van der Waals surface area contributed by atoms with E-state index >= 15 is 0 Å². The minimum Gasteiger partial charge on any atom is -0.311 e. The first kappa shape index (κ1) is 59.0. The predicted octanol–water partition coefficient (Wildman–Crippen LogP) is 22.6. The molecule has 4 nitrogen and oxygen atoms in total. The van der Waals surface area contributed by atoms with Crippen LogP contribution in [0.3, 0.4) is 0 Å². The van der Waals surface area contributed by atoms with Crippen LogP contribution in [0.1, 0.15) is 158 Å². The van der Waals surface area contributed by atoms with Crippen molar-refractivity contribution in [2.75, 3.05) is 9.80 Å². The summed E-state index contributed by atoms with van der Waals surface area (Å²) in [5.74, 6) is 0.693. The smallest absolute Gasteiger partial charge is 0.253 e. The van der Waals surface area contributed by atoms with E-state index in [9.17, 15) is 0 Å². The van der Waals surface area contributed by atoms with Gasteiger partial charge < -0.3 is 9.80 Å². The molecular weight excluding hydrogens is 1120 g/mol. The van der Waals surface area contributed by atoms with Gasteiger partial charge in [0.2, 0.25) is 0 Å². The molecule has 5 heteroatoms. The molecule has 460 valence electrons. The highest BCUT2D eigenvalue weighted by atomic mass is 15.2. The number of aromatic nitrogens is 2. The van der Waals surface area contributed by atoms with Gasteiger partial charge in [0.1, 0.15) is 0 Å². The van der Waals surface area contributed by atoms with Crippen LogP contribution in [-0.4, -0.2) is 16.7 Å². The van der Waals surface area contributed by atoms with E-state index in [1.165, 1.54) is 126 Å². The Morgan fingerprint density at radius 2 is 0.634 bits per heavy atom. The Morgan fingerprint density at radius 3 is 1.03 bits per heavy atom. The number of benzene rings is 13. The fraction of sp³-hybridized carbons (Fsp3) is 0.273. The molecule has 0 aliphatic carbocycles. The van der Waals surface area contributed by atoms with Crippen molar-refractivity contribution in [3.8, 4) is 22.6 Å². The zero-order chi connectivity index (χ0) is 65.1. The molecule has 0 N–H and O–H groups in total. The van der Waals surface area contributed by atoms with Gasteiger partial charge in [-0.15, -0.1) is 0 Å². The van der Waals surface area contributed by atoms with Gasteiger partial charge in [-0.1, -0.05) is 246 Å². The Kier molecular flexibility index (Phi) is 12.5. The van der Waals surface area contributed by atoms with Gasteiger partial charge in [-0.3, -0.25) is 0 Å². The Bertz CT molecular complexity index is 5080. The first-order chi connectivity index (χ1) is 43.9. The summed E-state index contributed by atoms with van der Waals surface area (Å²) in [6.07, 6.45) is 0. The van der Waals surface area contributed by atoms with E-state index in [1.54, 1.807) is 0 Å². The Labute approximate surface area is 550 Å². The molecule has 0 amide bonds. The molecule has 93 heavy (non-hydrogen) atoms. The Balaban J connectivity index is 1.12. The zero-order valence-electron chi connectivity index (χ0n) is 57.8. The van der Waals surface area contributed by atoms with Crippen molar-refractivity contribution in [2.45, 2.75) is 157 Å². The summed E-state index contributed by atoms with van der Waals surface area (Å²) in [7, 11) is 0. The summed E-state index contributed by atoms with van der Waals surface area (Å²) in [5, 5.41) is 16.4. The maximum Gasteiger partial charge on any atom is 0.253 e. The number of nitrogens with zero attached hydrogens (tertiary/aromatic N) is 4. The number of fused-ring (bicyclic) bond motifs is 7. The minimum atomic E-state index is -0.222. The SMILES string of the molecule is CC(C)(C)c1cc(-c2nc(-c3cc4c5c(c3)N(c3cc(C(C)(C)C)cc(C(C)(C)C)c3)c3cc6ccc7cccc8ccc(c3B5c3c(cc5ccc9cccc%10ccc3c5c9%10)N4c3cc(C(C)(C)C)cc(C(C)(C)C)c3)c6c78)nc3ccccc23)cc(C(C)(C)C)c1. The van der Waals surface area contributed by atoms with Crippen LogP contribution >= 0.6 is 0 Å². The third-order valence-electron chi connectivity index (χ3n) is 20.9. The number of para-hydroxylation sites is 1. The van der Waals surface area contributed by atoms with E-state index in [1.807, 2.05) is 0 Å². The van der Waals surface area contributed by atoms with E-state index < -0.39 is 0 Å². The van der Waals surface area contributed by atoms with Crippen molar-refractivity contribution in [1.82, 2.24) is 9.97 Å². The van der Waals surface area contributed by atoms with Crippen LogP contribution in [0, 0.1) is 0 Å². The van der Waals surface area contributed by atoms with Crippen molar-refractivity contribution in [3.05, 3.63) is 221 Å². The van der Waals surface area contributed by atoms with Gasteiger partial charge in [0.05, 0.1) is 11.2 Å². The first-order valence-corrected chi connectivity index (χ1v) is 33.8. The molecule has 16 rings (SSSR count). The molecule has 14 aromatic rings. The molecule has 2 aliphatic heterocycles. The molecule has 0 atom stereocenters. The summed E-state index contributed by atoms with van der Waals surface area (Å²) in [4.78, 5) is 17.1. The topological polar surface area (TPSA) is 32.3 Å². The van der Waals surface area contributed by atoms with Crippen LogP contribution in [0.4, 0.5) is 34.1 Å². The van der Waals surface area contributed by atoms with Crippen LogP contribution in [0.2, 0.25) is 0 Å². The first-order valence-electron chi connectivity index (χ1n) is 33.8. The van der Waals surface area contributed by atoms with Crippen LogP contribution in [-0.2, 0) is 32.5 Å². The molecule has 0 radical (unpaired) electrons. The molecular formula is C88H85BN4. The monoisotopic (exact) mass is 1210 g/mol. The summed E-state index contributed by atoms with van der Waals surface area (Å²) in [6.45, 7) is 42.2. The van der Waals surface area contributed by atoms with E-state index in [0.29, 0.717) is 5.82 Å². The normalized spacial score (nSPS) is 14.1. The molecule has 3 heterocycles. The minimum absolute atomic E-state index is 0.100. The molecule has 0 bridgehead atoms. The largest absolute Gasteiger partial charge is 0.311 e. The lowest BCUT2D eigenvalue weighted by atomic mass is 9.32. The van der Waals surface area contributed by atoms with Gasteiger partial charge in [-0.25, -0.2) is 9.97 Å². The lowest BCUT2D eigenvalue weighted by molar-refractivity contribution is 0.568. The highest BCUT2D eigenvalue weighted by Gasteiger charge is 2.47. The van der Waals surface area contributed by atoms with Crippen LogP contribution < -0.4 is 26.2 Å². The number of anilines is 6. The van der Waals surface area contributed by atoms with Gasteiger partial charge in [0, 0.05) is 50.6 Å². The molecule has 0 unspecified atom stereocenters. The average Bonchev–Trinajstić information content (AvgIpc) is 0.675. The molecule has 0 fully saturated rings. The summed E-state index contributed by atoms with van der Waals surface area (Å²) in [6, 6.07) is 73.8. The summed E-state index contributed by atoms with van der Waals surface area (Å²) in [5.41, 5.74) is 21.7. The molecule has 0 spiro atoms. The van der Waals surface area contributed by atoms with Crippen LogP contribution in [0.15, 0.2) is 188 Å². The third kappa shape index (κ3) is 9.28. The quantitative estimate of drug-likeness (QED) is 0.130. The molecule has 0 saturated carbocycles. The van der Waals surface area contributed by atoms with E-state index in [2.05, 4.69) is 322 Å². The van der Waals surface area contributed by atoms with Crippen molar-refractivity contribution in [3.63, 3.8) is 0 Å². The van der Waals surface area contributed by atoms with Crippen molar-refractivity contribution in [2.24, 2.45) is 0 Å². The second-order valence-electron chi connectivity index (χ2n) is 33.6. The summed E-state index contributed by atoms with van der Waals surface area (Å²) >= 11 is 0. The Hall–Kier alpha value is -9.06. The fourth-order valence-corrected chi connectivity index (χ4v) is 15.5. The maximum absolute atomic E-state index is 5.96. The zero-order valence-corrected chi connectivity index (χ0v) is 57.8. The molecule has 1 aromatic heterocycles. The second-order valence-corrected chi connectivity index (χ2v) is 33.6. The highest BCUT2D eigenvalue weighted by molar-refractivity contribution is 7.03. The van der Waals surface area contributed by atoms with E-state index in [0.717, 1.165) is 50.5 Å². The van der Waals surface area contributed by atoms with Crippen LogP contribution in [0.5, 0.6) is 0 Å². The Morgan fingerprint density at radius 1 is 0.280 bits per heavy atom. The average molecular weight is 1210 g/mol. The number of hydrogen-bond acceptors (Lipinski definition) is 4. The van der Waals surface area contributed by atoms with Gasteiger partial charge in [0.15, 0.2) is 5.82 Å². The van der Waals surface area contributed by atoms with E-state index in [-0.39, 0.29) is 39.2 Å².